The van der Waals surface area contributed by atoms with Gasteiger partial charge >= 0.3 is 11.9 Å². The maximum Gasteiger partial charge on any atom is 0.329 e. The molecule has 0 spiro atoms. The van der Waals surface area contributed by atoms with Crippen LogP contribution in [0.15, 0.2) is 0 Å². The van der Waals surface area contributed by atoms with E-state index >= 15 is 0 Å². The van der Waals surface area contributed by atoms with Crippen molar-refractivity contribution in [1.82, 2.24) is 0 Å². The summed E-state index contributed by atoms with van der Waals surface area (Å²) in [7, 11) is 0. The van der Waals surface area contributed by atoms with Crippen molar-refractivity contribution in [3.8, 4) is 0 Å². The highest BCUT2D eigenvalue weighted by molar-refractivity contribution is 5.70. The van der Waals surface area contributed by atoms with Gasteiger partial charge in [0.15, 0.2) is 17.4 Å². The molecular weight excluding hydrogens is 584 g/mol. The van der Waals surface area contributed by atoms with Gasteiger partial charge in [0.05, 0.1) is 0 Å². The van der Waals surface area contributed by atoms with Gasteiger partial charge < -0.3 is 45.6 Å². The number of aliphatic carboxylic acids is 2. The van der Waals surface area contributed by atoms with Crippen molar-refractivity contribution in [2.45, 2.75) is 191 Å². The highest BCUT2D eigenvalue weighted by Crippen LogP contribution is 2.24. The first-order valence-electron chi connectivity index (χ1n) is 17.6. The van der Waals surface area contributed by atoms with Crippen LogP contribution in [0.25, 0.3) is 0 Å². The van der Waals surface area contributed by atoms with E-state index in [1.54, 1.807) is 0 Å². The van der Waals surface area contributed by atoms with E-state index in [1.165, 1.54) is 57.8 Å². The third-order valence-electron chi connectivity index (χ3n) is 8.41. The monoisotopic (exact) mass is 650 g/mol. The van der Waals surface area contributed by atoms with Crippen molar-refractivity contribution in [3.63, 3.8) is 0 Å². The highest BCUT2D eigenvalue weighted by Gasteiger charge is 2.23. The molecule has 11 nitrogen and oxygen atoms in total. The van der Waals surface area contributed by atoms with Gasteiger partial charge in [0, 0.05) is 38.5 Å². The van der Waals surface area contributed by atoms with Gasteiger partial charge in [-0.05, 0) is 38.5 Å². The summed E-state index contributed by atoms with van der Waals surface area (Å²) in [5.41, 5.74) is 0. The fourth-order valence-electron chi connectivity index (χ4n) is 5.70. The van der Waals surface area contributed by atoms with Gasteiger partial charge in [0.25, 0.3) is 0 Å². The second-order valence-electron chi connectivity index (χ2n) is 13.2. The number of aliphatic hydroxyl groups is 6. The van der Waals surface area contributed by atoms with E-state index in [1.807, 2.05) is 0 Å². The molecule has 3 rings (SSSR count). The molecular formula is C34H66O11. The fourth-order valence-corrected chi connectivity index (χ4v) is 5.70. The molecule has 0 aromatic carbocycles. The molecule has 3 aliphatic carbocycles. The third-order valence-corrected chi connectivity index (χ3v) is 8.41. The van der Waals surface area contributed by atoms with E-state index < -0.39 is 42.5 Å². The lowest BCUT2D eigenvalue weighted by atomic mass is 9.97. The second kappa shape index (κ2) is 26.7. The molecule has 8 N–H and O–H groups in total. The van der Waals surface area contributed by atoms with Gasteiger partial charge in [0.2, 0.25) is 0 Å². The predicted molar refractivity (Wildman–Crippen MR) is 172 cm³/mol. The van der Waals surface area contributed by atoms with Crippen molar-refractivity contribution in [2.24, 2.45) is 0 Å². The molecule has 0 unspecified atom stereocenters. The van der Waals surface area contributed by atoms with Crippen molar-refractivity contribution in [1.29, 1.82) is 0 Å². The van der Waals surface area contributed by atoms with Gasteiger partial charge in [0.1, 0.15) is 13.2 Å². The molecule has 0 aromatic heterocycles. The van der Waals surface area contributed by atoms with Crippen LogP contribution in [0.4, 0.5) is 0 Å². The minimum absolute atomic E-state index is 0.562. The molecule has 45 heavy (non-hydrogen) atoms. The Labute approximate surface area is 271 Å². The average molecular weight is 651 g/mol. The zero-order chi connectivity index (χ0) is 33.9. The first-order valence-corrected chi connectivity index (χ1v) is 17.6. The average Bonchev–Trinajstić information content (AvgIpc) is 2.95. The predicted octanol–water partition coefficient (Wildman–Crippen LogP) is 5.75. The van der Waals surface area contributed by atoms with Crippen LogP contribution in [-0.4, -0.2) is 83.4 Å². The normalized spacial score (nSPS) is 23.0. The molecule has 11 heteroatoms. The van der Waals surface area contributed by atoms with Crippen LogP contribution in [0.1, 0.15) is 173 Å². The van der Waals surface area contributed by atoms with Crippen LogP contribution < -0.4 is 0 Å². The summed E-state index contributed by atoms with van der Waals surface area (Å²) in [5.74, 6) is -6.43. The Kier molecular flexibility index (Phi) is 25.9. The Morgan fingerprint density at radius 2 is 0.511 bits per heavy atom. The standard InChI is InChI=1S/3C10H20O2.C4H6O5/c3*11-10(12)8-6-4-2-1-3-5-7-9-10;5-3(6)1-9-2-4(7)8/h3*11-12H,1-9H2;1-2H2,(H,5,6)(H,7,8). The summed E-state index contributed by atoms with van der Waals surface area (Å²) >= 11 is 0. The second-order valence-corrected chi connectivity index (χ2v) is 13.2. The van der Waals surface area contributed by atoms with Gasteiger partial charge in [-0.2, -0.15) is 0 Å². The first-order chi connectivity index (χ1) is 21.2. The van der Waals surface area contributed by atoms with E-state index in [0.717, 1.165) is 77.0 Å². The van der Waals surface area contributed by atoms with E-state index in [4.69, 9.17) is 10.2 Å². The third kappa shape index (κ3) is 32.4. The molecule has 3 saturated carbocycles. The number of rotatable bonds is 4. The number of hydrogen-bond acceptors (Lipinski definition) is 9. The summed E-state index contributed by atoms with van der Waals surface area (Å²) in [6, 6.07) is 0. The van der Waals surface area contributed by atoms with Crippen LogP contribution in [0.2, 0.25) is 0 Å². The van der Waals surface area contributed by atoms with Gasteiger partial charge in [-0.15, -0.1) is 0 Å². The van der Waals surface area contributed by atoms with E-state index in [-0.39, 0.29) is 0 Å². The fraction of sp³-hybridized carbons (Fsp3) is 0.941. The van der Waals surface area contributed by atoms with Crippen LogP contribution >= 0.6 is 0 Å². The van der Waals surface area contributed by atoms with Gasteiger partial charge in [-0.1, -0.05) is 96.3 Å². The van der Waals surface area contributed by atoms with Gasteiger partial charge in [-0.3, -0.25) is 0 Å². The number of hydrogen-bond donors (Lipinski definition) is 8. The molecule has 3 aliphatic rings. The smallest absolute Gasteiger partial charge is 0.329 e. The van der Waals surface area contributed by atoms with Crippen LogP contribution in [0, 0.1) is 0 Å². The summed E-state index contributed by atoms with van der Waals surface area (Å²) in [6.07, 6.45) is 27.6. The molecule has 268 valence electrons. The lowest BCUT2D eigenvalue weighted by Crippen LogP contribution is -2.27. The number of carboxylic acids is 2. The highest BCUT2D eigenvalue weighted by atomic mass is 16.5. The van der Waals surface area contributed by atoms with Crippen molar-refractivity contribution >= 4 is 11.9 Å². The largest absolute Gasteiger partial charge is 0.480 e. The molecule has 0 aliphatic heterocycles. The molecule has 0 heterocycles. The Morgan fingerprint density at radius 1 is 0.356 bits per heavy atom. The minimum Gasteiger partial charge on any atom is -0.480 e. The van der Waals surface area contributed by atoms with Gasteiger partial charge in [-0.25, -0.2) is 9.59 Å². The minimum atomic E-state index is -1.36. The number of ether oxygens (including phenoxy) is 1. The molecule has 3 fully saturated rings. The van der Waals surface area contributed by atoms with Crippen LogP contribution in [-0.2, 0) is 14.3 Å². The summed E-state index contributed by atoms with van der Waals surface area (Å²) < 4.78 is 4.16. The van der Waals surface area contributed by atoms with Crippen LogP contribution in [0.3, 0.4) is 0 Å². The van der Waals surface area contributed by atoms with Crippen molar-refractivity contribution < 1.29 is 55.2 Å². The van der Waals surface area contributed by atoms with E-state index in [2.05, 4.69) is 4.74 Å². The Balaban J connectivity index is 0.000000578. The Hall–Kier alpha value is -1.34. The van der Waals surface area contributed by atoms with E-state index in [0.29, 0.717) is 38.5 Å². The summed E-state index contributed by atoms with van der Waals surface area (Å²) in [4.78, 5) is 19.3. The lowest BCUT2D eigenvalue weighted by Gasteiger charge is -2.22. The van der Waals surface area contributed by atoms with Crippen molar-refractivity contribution in [2.75, 3.05) is 13.2 Å². The molecule has 0 aromatic rings. The Bertz CT molecular complexity index is 604. The molecule has 0 amide bonds. The van der Waals surface area contributed by atoms with Crippen molar-refractivity contribution in [3.05, 3.63) is 0 Å². The summed E-state index contributed by atoms with van der Waals surface area (Å²) in [6.45, 7) is -1.13. The molecule has 0 atom stereocenters. The van der Waals surface area contributed by atoms with E-state index in [9.17, 15) is 40.2 Å². The first kappa shape index (κ1) is 43.7. The maximum absolute atomic E-state index is 9.66. The topological polar surface area (TPSA) is 205 Å². The number of carbonyl (C=O) groups is 2. The lowest BCUT2D eigenvalue weighted by molar-refractivity contribution is -0.173. The zero-order valence-electron chi connectivity index (χ0n) is 27.8. The SMILES string of the molecule is O=C(O)COCC(=O)O.OC1(O)CCCCCCCCC1.OC1(O)CCCCCCCCC1.OC1(O)CCCCCCCCC1. The Morgan fingerprint density at radius 3 is 0.667 bits per heavy atom. The summed E-state index contributed by atoms with van der Waals surface area (Å²) in [5, 5.41) is 72.5. The number of carboxylic acid groups (broad SMARTS) is 2. The zero-order valence-corrected chi connectivity index (χ0v) is 27.8. The quantitative estimate of drug-likeness (QED) is 0.172. The van der Waals surface area contributed by atoms with Crippen LogP contribution in [0.5, 0.6) is 0 Å². The maximum atomic E-state index is 9.66. The molecule has 0 bridgehead atoms. The molecule has 0 saturated heterocycles. The molecule has 0 radical (unpaired) electrons.